The fourth-order valence-electron chi connectivity index (χ4n) is 2.53. The molecule has 146 valence electrons. The van der Waals surface area contributed by atoms with Crippen molar-refractivity contribution in [3.05, 3.63) is 18.2 Å². The topological polar surface area (TPSA) is 111 Å². The van der Waals surface area contributed by atoms with Crippen molar-refractivity contribution in [1.29, 1.82) is 0 Å². The third kappa shape index (κ3) is 5.29. The monoisotopic (exact) mass is 389 g/mol. The standard InChI is InChI=1S/C16H24FN3O5S/c1-24-7-8-25-15-4-3-11(26(2,22)23)9-14(15)19-16(21)20-6-5-12(17)13(18)10-20/h3-4,9,12-13H,5-8,10,18H2,1-2H3,(H,19,21)/t12-,13-/m1/s1. The third-order valence-corrected chi connectivity index (χ3v) is 5.13. The number of hydrogen-bond acceptors (Lipinski definition) is 6. The Morgan fingerprint density at radius 1 is 1.42 bits per heavy atom. The van der Waals surface area contributed by atoms with Crippen molar-refractivity contribution in [3.8, 4) is 5.75 Å². The molecule has 0 aliphatic carbocycles. The number of halogens is 1. The molecule has 3 N–H and O–H groups in total. The van der Waals surface area contributed by atoms with Crippen LogP contribution in [0.4, 0.5) is 14.9 Å². The van der Waals surface area contributed by atoms with Gasteiger partial charge in [-0.2, -0.15) is 0 Å². The van der Waals surface area contributed by atoms with Gasteiger partial charge < -0.3 is 25.4 Å². The van der Waals surface area contributed by atoms with Gasteiger partial charge in [0.15, 0.2) is 9.84 Å². The van der Waals surface area contributed by atoms with Gasteiger partial charge in [-0.1, -0.05) is 0 Å². The number of sulfone groups is 1. The predicted octanol–water partition coefficient (Wildman–Crippen LogP) is 1.02. The first kappa shape index (κ1) is 20.4. The molecule has 1 saturated heterocycles. The highest BCUT2D eigenvalue weighted by Gasteiger charge is 2.29. The molecule has 2 amide bonds. The molecule has 1 aliphatic heterocycles. The smallest absolute Gasteiger partial charge is 0.322 e. The van der Waals surface area contributed by atoms with Gasteiger partial charge in [-0.05, 0) is 24.6 Å². The number of nitrogens with two attached hydrogens (primary N) is 1. The van der Waals surface area contributed by atoms with Gasteiger partial charge in [0.05, 0.1) is 23.2 Å². The van der Waals surface area contributed by atoms with E-state index in [1.54, 1.807) is 0 Å². The van der Waals surface area contributed by atoms with Gasteiger partial charge in [0.2, 0.25) is 0 Å². The Balaban J connectivity index is 2.19. The van der Waals surface area contributed by atoms with E-state index < -0.39 is 28.1 Å². The van der Waals surface area contributed by atoms with E-state index in [0.29, 0.717) is 12.4 Å². The molecule has 1 fully saturated rings. The number of ether oxygens (including phenoxy) is 2. The normalized spacial score (nSPS) is 20.7. The lowest BCUT2D eigenvalue weighted by atomic mass is 10.1. The molecule has 0 saturated carbocycles. The Morgan fingerprint density at radius 2 is 2.15 bits per heavy atom. The van der Waals surface area contributed by atoms with E-state index in [2.05, 4.69) is 5.32 Å². The van der Waals surface area contributed by atoms with Crippen LogP contribution < -0.4 is 15.8 Å². The Kier molecular flexibility index (Phi) is 6.79. The van der Waals surface area contributed by atoms with E-state index >= 15 is 0 Å². The summed E-state index contributed by atoms with van der Waals surface area (Å²) in [4.78, 5) is 13.9. The van der Waals surface area contributed by atoms with Crippen molar-refractivity contribution in [2.75, 3.05) is 45.0 Å². The number of urea groups is 1. The highest BCUT2D eigenvalue weighted by Crippen LogP contribution is 2.28. The van der Waals surface area contributed by atoms with E-state index in [-0.39, 0.29) is 36.7 Å². The molecule has 0 bridgehead atoms. The molecule has 0 aromatic heterocycles. The maximum Gasteiger partial charge on any atom is 0.322 e. The van der Waals surface area contributed by atoms with E-state index in [1.807, 2.05) is 0 Å². The number of amides is 2. The summed E-state index contributed by atoms with van der Waals surface area (Å²) in [5.74, 6) is 0.312. The summed E-state index contributed by atoms with van der Waals surface area (Å²) in [7, 11) is -1.93. The van der Waals surface area contributed by atoms with Crippen LogP contribution in [0.25, 0.3) is 0 Å². The zero-order valence-corrected chi connectivity index (χ0v) is 15.6. The number of nitrogens with one attached hydrogen (secondary N) is 1. The van der Waals surface area contributed by atoms with Crippen molar-refractivity contribution in [1.82, 2.24) is 4.90 Å². The van der Waals surface area contributed by atoms with E-state index in [1.165, 1.54) is 30.2 Å². The number of piperidine rings is 1. The van der Waals surface area contributed by atoms with E-state index in [0.717, 1.165) is 6.26 Å². The molecule has 10 heteroatoms. The Bertz CT molecular complexity index is 743. The number of nitrogens with zero attached hydrogens (tertiary/aromatic N) is 1. The number of benzene rings is 1. The van der Waals surface area contributed by atoms with Crippen molar-refractivity contribution >= 4 is 21.6 Å². The summed E-state index contributed by atoms with van der Waals surface area (Å²) < 4.78 is 47.5. The Hall–Kier alpha value is -1.91. The first-order chi connectivity index (χ1) is 12.2. The van der Waals surface area contributed by atoms with Crippen LogP contribution in [0.2, 0.25) is 0 Å². The minimum Gasteiger partial charge on any atom is -0.489 e. The lowest BCUT2D eigenvalue weighted by Crippen LogP contribution is -2.52. The van der Waals surface area contributed by atoms with Crippen molar-refractivity contribution in [2.24, 2.45) is 5.73 Å². The second-order valence-corrected chi connectivity index (χ2v) is 8.13. The van der Waals surface area contributed by atoms with Crippen LogP contribution in [0.1, 0.15) is 6.42 Å². The molecule has 1 aromatic carbocycles. The number of alkyl halides is 1. The van der Waals surface area contributed by atoms with Gasteiger partial charge in [0, 0.05) is 26.5 Å². The summed E-state index contributed by atoms with van der Waals surface area (Å²) in [5, 5.41) is 2.63. The summed E-state index contributed by atoms with van der Waals surface area (Å²) >= 11 is 0. The number of carbonyl (C=O) groups is 1. The summed E-state index contributed by atoms with van der Waals surface area (Å²) in [5.41, 5.74) is 5.89. The molecule has 0 radical (unpaired) electrons. The van der Waals surface area contributed by atoms with E-state index in [9.17, 15) is 17.6 Å². The predicted molar refractivity (Wildman–Crippen MR) is 95.0 cm³/mol. The second-order valence-electron chi connectivity index (χ2n) is 6.12. The first-order valence-electron chi connectivity index (χ1n) is 8.14. The minimum absolute atomic E-state index is 0.0473. The number of hydrogen-bond donors (Lipinski definition) is 2. The maximum atomic E-state index is 13.5. The molecule has 2 rings (SSSR count). The maximum absolute atomic E-state index is 13.5. The number of anilines is 1. The molecular formula is C16H24FN3O5S. The number of rotatable bonds is 6. The van der Waals surface area contributed by atoms with Crippen LogP contribution in [0, 0.1) is 0 Å². The molecule has 0 unspecified atom stereocenters. The quantitative estimate of drug-likeness (QED) is 0.703. The van der Waals surface area contributed by atoms with Crippen LogP contribution in [0.15, 0.2) is 23.1 Å². The lowest BCUT2D eigenvalue weighted by Gasteiger charge is -2.33. The Labute approximate surface area is 152 Å². The number of likely N-dealkylation sites (tertiary alicyclic amines) is 1. The molecule has 26 heavy (non-hydrogen) atoms. The summed E-state index contributed by atoms with van der Waals surface area (Å²) in [6.45, 7) is 0.876. The fourth-order valence-corrected chi connectivity index (χ4v) is 3.18. The lowest BCUT2D eigenvalue weighted by molar-refractivity contribution is 0.142. The van der Waals surface area contributed by atoms with Crippen molar-refractivity contribution < 1.29 is 27.1 Å². The van der Waals surface area contributed by atoms with E-state index in [4.69, 9.17) is 15.2 Å². The van der Waals surface area contributed by atoms with Gasteiger partial charge in [0.1, 0.15) is 18.5 Å². The summed E-state index contributed by atoms with van der Waals surface area (Å²) in [6.07, 6.45) is 0.0973. The van der Waals surface area contributed by atoms with Crippen LogP contribution in [0.3, 0.4) is 0 Å². The van der Waals surface area contributed by atoms with Crippen LogP contribution in [0.5, 0.6) is 5.75 Å². The Morgan fingerprint density at radius 3 is 2.77 bits per heavy atom. The molecule has 2 atom stereocenters. The molecule has 0 spiro atoms. The largest absolute Gasteiger partial charge is 0.489 e. The number of methoxy groups -OCH3 is 1. The SMILES string of the molecule is COCCOc1ccc(S(C)(=O)=O)cc1NC(=O)N1CC[C@@H](F)[C@H](N)C1. The van der Waals surface area contributed by atoms with Crippen LogP contribution >= 0.6 is 0 Å². The third-order valence-electron chi connectivity index (χ3n) is 4.02. The first-order valence-corrected chi connectivity index (χ1v) is 10.0. The second kappa shape index (κ2) is 8.65. The molecule has 1 aromatic rings. The van der Waals surface area contributed by atoms with Gasteiger partial charge in [-0.25, -0.2) is 17.6 Å². The molecule has 8 nitrogen and oxygen atoms in total. The van der Waals surface area contributed by atoms with Gasteiger partial charge in [-0.15, -0.1) is 0 Å². The van der Waals surface area contributed by atoms with Crippen LogP contribution in [-0.2, 0) is 14.6 Å². The molecular weight excluding hydrogens is 365 g/mol. The van der Waals surface area contributed by atoms with Crippen LogP contribution in [-0.4, -0.2) is 71.2 Å². The van der Waals surface area contributed by atoms with Crippen molar-refractivity contribution in [2.45, 2.75) is 23.5 Å². The van der Waals surface area contributed by atoms with Gasteiger partial charge in [0.25, 0.3) is 0 Å². The zero-order chi connectivity index (χ0) is 19.3. The number of carbonyl (C=O) groups excluding carboxylic acids is 1. The zero-order valence-electron chi connectivity index (χ0n) is 14.8. The molecule has 1 heterocycles. The van der Waals surface area contributed by atoms with Gasteiger partial charge in [-0.3, -0.25) is 0 Å². The highest BCUT2D eigenvalue weighted by molar-refractivity contribution is 7.90. The fraction of sp³-hybridized carbons (Fsp3) is 0.562. The van der Waals surface area contributed by atoms with Gasteiger partial charge >= 0.3 is 6.03 Å². The van der Waals surface area contributed by atoms with Crippen molar-refractivity contribution in [3.63, 3.8) is 0 Å². The average Bonchev–Trinajstić information content (AvgIpc) is 2.57. The molecule has 1 aliphatic rings. The average molecular weight is 389 g/mol. The minimum atomic E-state index is -3.46. The summed E-state index contributed by atoms with van der Waals surface area (Å²) in [6, 6.07) is 2.97. The highest BCUT2D eigenvalue weighted by atomic mass is 32.2.